The maximum atomic E-state index is 12.1. The molecule has 110 valence electrons. The van der Waals surface area contributed by atoms with Crippen molar-refractivity contribution >= 4 is 54.9 Å². The normalized spacial score (nSPS) is 23.6. The Hall–Kier alpha value is -1.14. The van der Waals surface area contributed by atoms with Crippen LogP contribution in [0.5, 0.6) is 0 Å². The molecule has 0 radical (unpaired) electrons. The molecule has 0 unspecified atom stereocenters. The van der Waals surface area contributed by atoms with Crippen LogP contribution in [-0.2, 0) is 4.79 Å². The minimum absolute atomic E-state index is 0.0926. The molecular weight excluding hydrogens is 398 g/mol. The van der Waals surface area contributed by atoms with E-state index in [4.69, 9.17) is 0 Å². The standard InChI is InChI=1S/C15H15Br2N3O/c1-9-11(10-5-3-4-6-12(10)19-9)7-18-20-13(21)14(2)8-15(14,16)17/h3-7,19H,8H2,1-2H3,(H,20,21)/t14-/m1/s1. The van der Waals surface area contributed by atoms with Crippen LogP contribution in [0.3, 0.4) is 0 Å². The van der Waals surface area contributed by atoms with Crippen LogP contribution in [0.15, 0.2) is 29.4 Å². The highest BCUT2D eigenvalue weighted by molar-refractivity contribution is 9.25. The van der Waals surface area contributed by atoms with Gasteiger partial charge in [-0.1, -0.05) is 50.1 Å². The van der Waals surface area contributed by atoms with E-state index in [0.717, 1.165) is 28.6 Å². The fraction of sp³-hybridized carbons (Fsp3) is 0.333. The van der Waals surface area contributed by atoms with Crippen molar-refractivity contribution in [2.45, 2.75) is 23.5 Å². The van der Waals surface area contributed by atoms with Gasteiger partial charge in [0.1, 0.15) is 0 Å². The van der Waals surface area contributed by atoms with Crippen molar-refractivity contribution in [3.63, 3.8) is 0 Å². The third-order valence-corrected chi connectivity index (χ3v) is 6.37. The van der Waals surface area contributed by atoms with E-state index in [-0.39, 0.29) is 9.14 Å². The maximum Gasteiger partial charge on any atom is 0.248 e. The number of carbonyl (C=O) groups excluding carboxylic acids is 1. The minimum Gasteiger partial charge on any atom is -0.358 e. The summed E-state index contributed by atoms with van der Waals surface area (Å²) >= 11 is 6.97. The lowest BCUT2D eigenvalue weighted by atomic mass is 10.1. The van der Waals surface area contributed by atoms with Crippen molar-refractivity contribution in [1.82, 2.24) is 10.4 Å². The van der Waals surface area contributed by atoms with Gasteiger partial charge in [0.05, 0.1) is 14.9 Å². The van der Waals surface area contributed by atoms with Crippen LogP contribution in [0.25, 0.3) is 10.9 Å². The number of hydrogen-bond donors (Lipinski definition) is 2. The first-order valence-electron chi connectivity index (χ1n) is 6.64. The summed E-state index contributed by atoms with van der Waals surface area (Å²) in [5.74, 6) is -0.0926. The third-order valence-electron chi connectivity index (χ3n) is 4.06. The van der Waals surface area contributed by atoms with Crippen LogP contribution in [0.1, 0.15) is 24.6 Å². The van der Waals surface area contributed by atoms with E-state index in [2.05, 4.69) is 47.4 Å². The van der Waals surface area contributed by atoms with Crippen molar-refractivity contribution in [1.29, 1.82) is 0 Å². The van der Waals surface area contributed by atoms with Crippen LogP contribution < -0.4 is 5.43 Å². The van der Waals surface area contributed by atoms with Gasteiger partial charge in [-0.3, -0.25) is 4.79 Å². The Labute approximate surface area is 139 Å². The van der Waals surface area contributed by atoms with Gasteiger partial charge in [-0.15, -0.1) is 0 Å². The van der Waals surface area contributed by atoms with Gasteiger partial charge in [0.25, 0.3) is 0 Å². The lowest BCUT2D eigenvalue weighted by Gasteiger charge is -2.09. The predicted octanol–water partition coefficient (Wildman–Crippen LogP) is 3.82. The molecule has 0 spiro atoms. The van der Waals surface area contributed by atoms with Crippen LogP contribution in [0, 0.1) is 12.3 Å². The summed E-state index contributed by atoms with van der Waals surface area (Å²) in [4.78, 5) is 15.4. The molecule has 0 aliphatic heterocycles. The number of aromatic amines is 1. The van der Waals surface area contributed by atoms with Crippen LogP contribution >= 0.6 is 31.9 Å². The summed E-state index contributed by atoms with van der Waals surface area (Å²) < 4.78 is -0.302. The second kappa shape index (κ2) is 4.95. The summed E-state index contributed by atoms with van der Waals surface area (Å²) in [6.07, 6.45) is 2.44. The number of rotatable bonds is 3. The molecule has 1 aromatic heterocycles. The van der Waals surface area contributed by atoms with Gasteiger partial charge >= 0.3 is 0 Å². The van der Waals surface area contributed by atoms with Gasteiger partial charge in [-0.2, -0.15) is 5.10 Å². The first-order chi connectivity index (χ1) is 9.85. The molecule has 21 heavy (non-hydrogen) atoms. The molecule has 6 heteroatoms. The van der Waals surface area contributed by atoms with Gasteiger partial charge in [0.15, 0.2) is 0 Å². The van der Waals surface area contributed by atoms with Crippen molar-refractivity contribution in [3.05, 3.63) is 35.5 Å². The van der Waals surface area contributed by atoms with Crippen molar-refractivity contribution < 1.29 is 4.79 Å². The number of nitrogens with zero attached hydrogens (tertiary/aromatic N) is 1. The Kier molecular flexibility index (Phi) is 3.48. The maximum absolute atomic E-state index is 12.1. The van der Waals surface area contributed by atoms with Crippen LogP contribution in [0.2, 0.25) is 0 Å². The molecule has 1 aliphatic rings. The van der Waals surface area contributed by atoms with E-state index in [0.29, 0.717) is 0 Å². The summed E-state index contributed by atoms with van der Waals surface area (Å²) in [7, 11) is 0. The lowest BCUT2D eigenvalue weighted by molar-refractivity contribution is -0.125. The van der Waals surface area contributed by atoms with Gasteiger partial charge in [0.2, 0.25) is 5.91 Å². The zero-order valence-corrected chi connectivity index (χ0v) is 14.9. The topological polar surface area (TPSA) is 57.2 Å². The fourth-order valence-electron chi connectivity index (χ4n) is 2.39. The second-order valence-electron chi connectivity index (χ2n) is 5.62. The fourth-order valence-corrected chi connectivity index (χ4v) is 3.87. The third kappa shape index (κ3) is 2.44. The number of halogens is 2. The number of amides is 1. The highest BCUT2D eigenvalue weighted by atomic mass is 79.9. The molecule has 4 nitrogen and oxygen atoms in total. The van der Waals surface area contributed by atoms with Crippen molar-refractivity contribution in [3.8, 4) is 0 Å². The Morgan fingerprint density at radius 3 is 2.76 bits per heavy atom. The number of nitrogens with one attached hydrogen (secondary N) is 2. The zero-order valence-electron chi connectivity index (χ0n) is 11.7. The lowest BCUT2D eigenvalue weighted by Crippen LogP contribution is -2.29. The molecule has 1 amide bonds. The second-order valence-corrected chi connectivity index (χ2v) is 9.39. The molecule has 2 N–H and O–H groups in total. The summed E-state index contributed by atoms with van der Waals surface area (Å²) in [5, 5.41) is 5.21. The van der Waals surface area contributed by atoms with Gasteiger partial charge < -0.3 is 4.98 Å². The number of aryl methyl sites for hydroxylation is 1. The number of hydrazone groups is 1. The van der Waals surface area contributed by atoms with Gasteiger partial charge in [0, 0.05) is 22.2 Å². The molecule has 1 heterocycles. The quantitative estimate of drug-likeness (QED) is 0.449. The smallest absolute Gasteiger partial charge is 0.248 e. The Morgan fingerprint density at radius 2 is 2.10 bits per heavy atom. The van der Waals surface area contributed by atoms with E-state index in [1.165, 1.54) is 0 Å². The van der Waals surface area contributed by atoms with Gasteiger partial charge in [-0.25, -0.2) is 5.43 Å². The Bertz CT molecular complexity index is 750. The largest absolute Gasteiger partial charge is 0.358 e. The van der Waals surface area contributed by atoms with E-state index in [9.17, 15) is 4.79 Å². The molecule has 0 bridgehead atoms. The molecule has 2 aromatic rings. The number of benzene rings is 1. The molecule has 1 aromatic carbocycles. The number of aromatic nitrogens is 1. The number of carbonyl (C=O) groups is 1. The summed E-state index contributed by atoms with van der Waals surface area (Å²) in [5.41, 5.74) is 5.26. The number of fused-ring (bicyclic) bond motifs is 1. The van der Waals surface area contributed by atoms with Gasteiger partial charge in [-0.05, 0) is 26.3 Å². The molecule has 1 aliphatic carbocycles. The highest BCUT2D eigenvalue weighted by Gasteiger charge is 2.66. The van der Waals surface area contributed by atoms with E-state index in [1.807, 2.05) is 38.1 Å². The number of H-pyrrole nitrogens is 1. The molecule has 1 saturated carbocycles. The minimum atomic E-state index is -0.459. The number of hydrogen-bond acceptors (Lipinski definition) is 2. The first-order valence-corrected chi connectivity index (χ1v) is 8.22. The molecular formula is C15H15Br2N3O. The predicted molar refractivity (Wildman–Crippen MR) is 92.1 cm³/mol. The molecule has 1 atom stereocenters. The molecule has 1 fully saturated rings. The average Bonchev–Trinajstić information content (AvgIpc) is 2.79. The SMILES string of the molecule is Cc1[nH]c2ccccc2c1C=NNC(=O)[C@@]1(C)CC1(Br)Br. The van der Waals surface area contributed by atoms with Crippen LogP contribution in [0.4, 0.5) is 0 Å². The van der Waals surface area contributed by atoms with E-state index in [1.54, 1.807) is 6.21 Å². The number of para-hydroxylation sites is 1. The Morgan fingerprint density at radius 1 is 1.43 bits per heavy atom. The zero-order chi connectivity index (χ0) is 15.3. The molecule has 0 saturated heterocycles. The van der Waals surface area contributed by atoms with E-state index >= 15 is 0 Å². The van der Waals surface area contributed by atoms with E-state index < -0.39 is 5.41 Å². The Balaban J connectivity index is 1.77. The highest BCUT2D eigenvalue weighted by Crippen LogP contribution is 2.66. The number of alkyl halides is 2. The summed E-state index contributed by atoms with van der Waals surface area (Å²) in [6, 6.07) is 8.03. The monoisotopic (exact) mass is 411 g/mol. The average molecular weight is 413 g/mol. The summed E-state index contributed by atoms with van der Waals surface area (Å²) in [6.45, 7) is 3.89. The van der Waals surface area contributed by atoms with Crippen molar-refractivity contribution in [2.75, 3.05) is 0 Å². The molecule has 3 rings (SSSR count). The van der Waals surface area contributed by atoms with Crippen molar-refractivity contribution in [2.24, 2.45) is 10.5 Å². The first kappa shape index (κ1) is 14.8. The van der Waals surface area contributed by atoms with Crippen LogP contribution in [-0.4, -0.2) is 20.3 Å².